The minimum Gasteiger partial charge on any atom is -0.488 e. The zero-order valence-electron chi connectivity index (χ0n) is 13.4. The van der Waals surface area contributed by atoms with Gasteiger partial charge in [-0.1, -0.05) is 30.3 Å². The molecule has 0 saturated heterocycles. The van der Waals surface area contributed by atoms with Crippen LogP contribution in [0.5, 0.6) is 5.75 Å². The first kappa shape index (κ1) is 17.0. The van der Waals surface area contributed by atoms with E-state index in [-0.39, 0.29) is 17.6 Å². The number of hydrogen-bond donors (Lipinski definition) is 2. The number of ether oxygens (including phenoxy) is 1. The van der Waals surface area contributed by atoms with Crippen LogP contribution in [0.3, 0.4) is 0 Å². The summed E-state index contributed by atoms with van der Waals surface area (Å²) in [6.07, 6.45) is 0. The van der Waals surface area contributed by atoms with Gasteiger partial charge in [-0.3, -0.25) is 4.79 Å². The van der Waals surface area contributed by atoms with Crippen molar-refractivity contribution in [1.82, 2.24) is 0 Å². The summed E-state index contributed by atoms with van der Waals surface area (Å²) in [6.45, 7) is 2.99. The van der Waals surface area contributed by atoms with E-state index in [0.29, 0.717) is 13.2 Å². The van der Waals surface area contributed by atoms with Gasteiger partial charge in [0.25, 0.3) is 5.91 Å². The Balaban J connectivity index is 1.80. The van der Waals surface area contributed by atoms with E-state index in [9.17, 15) is 9.18 Å². The van der Waals surface area contributed by atoms with Crippen LogP contribution in [0.4, 0.5) is 10.1 Å². The van der Waals surface area contributed by atoms with Crippen LogP contribution in [0.15, 0.2) is 54.6 Å². The highest BCUT2D eigenvalue weighted by molar-refractivity contribution is 5.93. The molecule has 2 aromatic rings. The van der Waals surface area contributed by atoms with Gasteiger partial charge in [0, 0.05) is 0 Å². The van der Waals surface area contributed by atoms with Crippen LogP contribution in [-0.4, -0.2) is 32.1 Å². The molecular formula is C18H22FN2O2+. The van der Waals surface area contributed by atoms with Crippen LogP contribution in [-0.2, 0) is 4.79 Å². The summed E-state index contributed by atoms with van der Waals surface area (Å²) in [5.41, 5.74) is 0.206. The predicted molar refractivity (Wildman–Crippen MR) is 88.2 cm³/mol. The highest BCUT2D eigenvalue weighted by atomic mass is 19.1. The number of hydrogen-bond acceptors (Lipinski definition) is 2. The lowest BCUT2D eigenvalue weighted by Crippen LogP contribution is -3.14. The monoisotopic (exact) mass is 317 g/mol. The summed E-state index contributed by atoms with van der Waals surface area (Å²) in [5, 5.41) is 2.62. The highest BCUT2D eigenvalue weighted by Crippen LogP contribution is 2.12. The first-order chi connectivity index (χ1) is 11.1. The van der Waals surface area contributed by atoms with Crippen LogP contribution >= 0.6 is 0 Å². The van der Waals surface area contributed by atoms with Crippen LogP contribution in [0.2, 0.25) is 0 Å². The molecule has 0 aliphatic heterocycles. The zero-order chi connectivity index (χ0) is 16.7. The molecule has 0 spiro atoms. The number of likely N-dealkylation sites (N-methyl/N-ethyl adjacent to an activating group) is 1. The predicted octanol–water partition coefficient (Wildman–Crippen LogP) is 1.75. The Hall–Kier alpha value is -2.40. The van der Waals surface area contributed by atoms with Crippen molar-refractivity contribution < 1.29 is 18.8 Å². The van der Waals surface area contributed by atoms with Crippen molar-refractivity contribution in [3.63, 3.8) is 0 Å². The summed E-state index contributed by atoms with van der Waals surface area (Å²) in [5.74, 6) is 0.161. The molecule has 4 nitrogen and oxygen atoms in total. The normalized spacial score (nSPS) is 13.2. The van der Waals surface area contributed by atoms with Crippen molar-refractivity contribution in [3.05, 3.63) is 60.4 Å². The number of para-hydroxylation sites is 2. The quantitative estimate of drug-likeness (QED) is 0.817. The maximum absolute atomic E-state index is 13.6. The fourth-order valence-electron chi connectivity index (χ4n) is 2.09. The van der Waals surface area contributed by atoms with Crippen molar-refractivity contribution in [2.75, 3.05) is 25.5 Å². The molecule has 2 rings (SSSR count). The number of quaternary nitrogens is 1. The topological polar surface area (TPSA) is 42.8 Å². The molecule has 0 fully saturated rings. The van der Waals surface area contributed by atoms with E-state index in [1.165, 1.54) is 6.07 Å². The highest BCUT2D eigenvalue weighted by Gasteiger charge is 2.22. The second-order valence-electron chi connectivity index (χ2n) is 5.45. The first-order valence-corrected chi connectivity index (χ1v) is 7.63. The Kier molecular flexibility index (Phi) is 6.11. The smallest absolute Gasteiger partial charge is 0.282 e. The molecule has 0 aliphatic rings. The minimum absolute atomic E-state index is 0.206. The fourth-order valence-corrected chi connectivity index (χ4v) is 2.09. The van der Waals surface area contributed by atoms with Gasteiger partial charge in [0.2, 0.25) is 0 Å². The van der Waals surface area contributed by atoms with Gasteiger partial charge < -0.3 is 15.0 Å². The summed E-state index contributed by atoms with van der Waals surface area (Å²) in [7, 11) is 1.92. The van der Waals surface area contributed by atoms with Gasteiger partial charge >= 0.3 is 0 Å². The van der Waals surface area contributed by atoms with Gasteiger partial charge in [-0.2, -0.15) is 0 Å². The van der Waals surface area contributed by atoms with E-state index in [1.54, 1.807) is 18.2 Å². The maximum Gasteiger partial charge on any atom is 0.282 e. The Morgan fingerprint density at radius 1 is 1.17 bits per heavy atom. The van der Waals surface area contributed by atoms with Crippen molar-refractivity contribution in [1.29, 1.82) is 0 Å². The van der Waals surface area contributed by atoms with Crippen molar-refractivity contribution in [2.45, 2.75) is 13.0 Å². The minimum atomic E-state index is -0.432. The lowest BCUT2D eigenvalue weighted by molar-refractivity contribution is -0.894. The van der Waals surface area contributed by atoms with Gasteiger partial charge in [-0.05, 0) is 31.2 Å². The number of nitrogens with one attached hydrogen (secondary N) is 2. The van der Waals surface area contributed by atoms with Crippen LogP contribution < -0.4 is 15.0 Å². The first-order valence-electron chi connectivity index (χ1n) is 7.63. The van der Waals surface area contributed by atoms with Crippen molar-refractivity contribution in [2.24, 2.45) is 0 Å². The number of halogens is 1. The van der Waals surface area contributed by atoms with Gasteiger partial charge in [-0.25, -0.2) is 4.39 Å². The Morgan fingerprint density at radius 3 is 2.52 bits per heavy atom. The third kappa shape index (κ3) is 5.07. The number of anilines is 1. The molecule has 2 atom stereocenters. The standard InChI is InChI=1S/C18H21FN2O2/c1-14(18(22)20-17-11-7-6-10-16(17)19)21(2)12-13-23-15-8-4-3-5-9-15/h3-11,14H,12-13H2,1-2H3,(H,20,22)/p+1/t14-/m0/s1. The molecule has 0 saturated carbocycles. The van der Waals surface area contributed by atoms with Crippen molar-refractivity contribution >= 4 is 11.6 Å². The van der Waals surface area contributed by atoms with Gasteiger partial charge in [0.15, 0.2) is 6.04 Å². The molecule has 0 radical (unpaired) electrons. The van der Waals surface area contributed by atoms with E-state index in [2.05, 4.69) is 5.32 Å². The SMILES string of the molecule is C[C@@H](C(=O)Nc1ccccc1F)[NH+](C)CCOc1ccccc1. The maximum atomic E-state index is 13.6. The molecule has 0 aliphatic carbocycles. The molecule has 2 aromatic carbocycles. The van der Waals surface area contributed by atoms with E-state index >= 15 is 0 Å². The molecule has 5 heteroatoms. The lowest BCUT2D eigenvalue weighted by Gasteiger charge is -2.21. The summed E-state index contributed by atoms with van der Waals surface area (Å²) in [6, 6.07) is 15.4. The number of carbonyl (C=O) groups is 1. The second-order valence-corrected chi connectivity index (χ2v) is 5.45. The average molecular weight is 317 g/mol. The average Bonchev–Trinajstić information content (AvgIpc) is 2.57. The van der Waals surface area contributed by atoms with Crippen molar-refractivity contribution in [3.8, 4) is 5.75 Å². The molecule has 2 N–H and O–H groups in total. The van der Waals surface area contributed by atoms with Crippen LogP contribution in [0.25, 0.3) is 0 Å². The third-order valence-corrected chi connectivity index (χ3v) is 3.77. The Bertz CT molecular complexity index is 634. The van der Waals surface area contributed by atoms with Gasteiger partial charge in [-0.15, -0.1) is 0 Å². The molecule has 1 unspecified atom stereocenters. The summed E-state index contributed by atoms with van der Waals surface area (Å²) in [4.78, 5) is 13.2. The number of amides is 1. The number of carbonyl (C=O) groups excluding carboxylic acids is 1. The second kappa shape index (κ2) is 8.29. The molecular weight excluding hydrogens is 295 g/mol. The molecule has 0 bridgehead atoms. The third-order valence-electron chi connectivity index (χ3n) is 3.77. The largest absolute Gasteiger partial charge is 0.488 e. The lowest BCUT2D eigenvalue weighted by atomic mass is 10.2. The van der Waals surface area contributed by atoms with E-state index < -0.39 is 5.82 Å². The van der Waals surface area contributed by atoms with E-state index in [0.717, 1.165) is 10.6 Å². The zero-order valence-corrected chi connectivity index (χ0v) is 13.4. The molecule has 122 valence electrons. The van der Waals surface area contributed by atoms with E-state index in [1.807, 2.05) is 44.3 Å². The molecule has 1 amide bonds. The Labute approximate surface area is 135 Å². The van der Waals surface area contributed by atoms with Crippen LogP contribution in [0, 0.1) is 5.82 Å². The molecule has 23 heavy (non-hydrogen) atoms. The number of rotatable bonds is 7. The van der Waals surface area contributed by atoms with E-state index in [4.69, 9.17) is 4.74 Å². The van der Waals surface area contributed by atoms with Crippen LogP contribution in [0.1, 0.15) is 6.92 Å². The number of benzene rings is 2. The fraction of sp³-hybridized carbons (Fsp3) is 0.278. The summed E-state index contributed by atoms with van der Waals surface area (Å²) >= 11 is 0. The Morgan fingerprint density at radius 2 is 1.83 bits per heavy atom. The molecule has 0 heterocycles. The summed E-state index contributed by atoms with van der Waals surface area (Å²) < 4.78 is 19.2. The van der Waals surface area contributed by atoms with Gasteiger partial charge in [0.1, 0.15) is 24.7 Å². The molecule has 0 aromatic heterocycles. The van der Waals surface area contributed by atoms with Gasteiger partial charge in [0.05, 0.1) is 12.7 Å².